The molecule has 0 aliphatic rings. The Morgan fingerprint density at radius 3 is 2.92 bits per heavy atom. The van der Waals surface area contributed by atoms with E-state index in [0.29, 0.717) is 0 Å². The number of benzene rings is 1. The van der Waals surface area contributed by atoms with E-state index in [4.69, 9.17) is 25.6 Å². The zero-order valence-corrected chi connectivity index (χ0v) is 7.18. The third-order valence-electron chi connectivity index (χ3n) is 1.36. The summed E-state index contributed by atoms with van der Waals surface area (Å²) < 4.78 is 12.3. The molecule has 0 saturated heterocycles. The van der Waals surface area contributed by atoms with Crippen molar-refractivity contribution in [2.45, 2.75) is 0 Å². The molecule has 0 N–H and O–H groups in total. The van der Waals surface area contributed by atoms with E-state index in [0.717, 1.165) is 0 Å². The van der Waals surface area contributed by atoms with Crippen molar-refractivity contribution in [3.05, 3.63) is 23.7 Å². The highest BCUT2D eigenvalue weighted by molar-refractivity contribution is 6.67. The molecule has 0 aliphatic heterocycles. The molecule has 0 atom stereocenters. The van der Waals surface area contributed by atoms with Crippen LogP contribution in [0.3, 0.4) is 0 Å². The van der Waals surface area contributed by atoms with Crippen molar-refractivity contribution >= 4 is 30.2 Å². The van der Waals surface area contributed by atoms with Crippen LogP contribution >= 0.6 is 11.6 Å². The number of hydrogen-bond acceptors (Lipinski definition) is 2. The molecule has 0 aliphatic carbocycles. The van der Waals surface area contributed by atoms with Gasteiger partial charge in [-0.15, -0.1) is 0 Å². The quantitative estimate of drug-likeness (QED) is 0.500. The van der Waals surface area contributed by atoms with Crippen molar-refractivity contribution in [3.63, 3.8) is 0 Å². The lowest BCUT2D eigenvalue weighted by Gasteiger charge is -2.04. The van der Waals surface area contributed by atoms with Gasteiger partial charge in [0.15, 0.2) is 0 Å². The van der Waals surface area contributed by atoms with Crippen molar-refractivity contribution in [1.29, 1.82) is 0 Å². The van der Waals surface area contributed by atoms with Crippen LogP contribution in [0.2, 0.25) is 0 Å². The lowest BCUT2D eigenvalue weighted by atomic mass is 9.93. The fourth-order valence-electron chi connectivity index (χ4n) is 0.792. The maximum atomic E-state index is 10.7. The Morgan fingerprint density at radius 2 is 2.50 bits per heavy atom. The molecule has 1 aromatic carbocycles. The van der Waals surface area contributed by atoms with Gasteiger partial charge < -0.3 is 4.74 Å². The van der Waals surface area contributed by atoms with Gasteiger partial charge >= 0.3 is 0 Å². The first-order chi connectivity index (χ1) is 6.06. The molecule has 0 unspecified atom stereocenters. The smallest absolute Gasteiger partial charge is 0.252 e. The fraction of sp³-hybridized carbons (Fsp3) is 0.125. The van der Waals surface area contributed by atoms with E-state index in [9.17, 15) is 4.79 Å². The van der Waals surface area contributed by atoms with E-state index in [-0.39, 0.29) is 22.8 Å². The summed E-state index contributed by atoms with van der Waals surface area (Å²) in [5, 5.41) is -0.636. The number of carbonyl (C=O) groups is 1. The highest BCUT2D eigenvalue weighted by atomic mass is 35.5. The molecule has 1 aromatic rings. The normalized spacial score (nSPS) is 10.7. The third-order valence-corrected chi connectivity index (χ3v) is 1.58. The van der Waals surface area contributed by atoms with Gasteiger partial charge in [-0.1, -0.05) is 11.5 Å². The van der Waals surface area contributed by atoms with Crippen LogP contribution < -0.4 is 10.2 Å². The molecule has 0 bridgehead atoms. The Balaban J connectivity index is 3.28. The molecule has 1 rings (SSSR count). The second-order valence-corrected chi connectivity index (χ2v) is 2.49. The topological polar surface area (TPSA) is 26.3 Å². The van der Waals surface area contributed by atoms with Crippen LogP contribution in [-0.2, 0) is 0 Å². The number of halogens is 1. The molecule has 60 valence electrons. The molecule has 2 radical (unpaired) electrons. The standard InChI is InChI=1S/C8H6BClO2/c1-12-7-3-2-5(8(10)11)4-6(7)9/h2-4H,1H3/i3D. The summed E-state index contributed by atoms with van der Waals surface area (Å²) in [5.41, 5.74) is 0.434. The average Bonchev–Trinajstić information content (AvgIpc) is 2.03. The van der Waals surface area contributed by atoms with E-state index in [1.807, 2.05) is 0 Å². The Kier molecular flexibility index (Phi) is 2.32. The Bertz CT molecular complexity index is 331. The van der Waals surface area contributed by atoms with Crippen molar-refractivity contribution in [3.8, 4) is 5.75 Å². The predicted octanol–water partition coefficient (Wildman–Crippen LogP) is 0.868. The maximum Gasteiger partial charge on any atom is 0.252 e. The molecule has 12 heavy (non-hydrogen) atoms. The second-order valence-electron chi connectivity index (χ2n) is 2.15. The van der Waals surface area contributed by atoms with Crippen LogP contribution in [0.1, 0.15) is 11.7 Å². The highest BCUT2D eigenvalue weighted by Gasteiger charge is 2.03. The largest absolute Gasteiger partial charge is 0.497 e. The van der Waals surface area contributed by atoms with Crippen LogP contribution in [-0.4, -0.2) is 20.2 Å². The van der Waals surface area contributed by atoms with E-state index >= 15 is 0 Å². The Morgan fingerprint density at radius 1 is 1.83 bits per heavy atom. The van der Waals surface area contributed by atoms with Crippen LogP contribution in [0.15, 0.2) is 18.2 Å². The fourth-order valence-corrected chi connectivity index (χ4v) is 0.901. The zero-order chi connectivity index (χ0) is 10.0. The minimum Gasteiger partial charge on any atom is -0.497 e. The lowest BCUT2D eigenvalue weighted by molar-refractivity contribution is 0.108. The van der Waals surface area contributed by atoms with Crippen LogP contribution in [0.25, 0.3) is 0 Å². The van der Waals surface area contributed by atoms with E-state index in [1.54, 1.807) is 0 Å². The maximum absolute atomic E-state index is 10.7. The van der Waals surface area contributed by atoms with E-state index in [1.165, 1.54) is 19.2 Å². The van der Waals surface area contributed by atoms with Crippen molar-refractivity contribution in [2.75, 3.05) is 7.11 Å². The number of ether oxygens (including phenoxy) is 1. The first-order valence-corrected chi connectivity index (χ1v) is 3.58. The third kappa shape index (κ3) is 1.80. The van der Waals surface area contributed by atoms with Gasteiger partial charge in [0.2, 0.25) is 0 Å². The van der Waals surface area contributed by atoms with Crippen molar-refractivity contribution in [2.24, 2.45) is 0 Å². The van der Waals surface area contributed by atoms with Crippen LogP contribution in [0.4, 0.5) is 0 Å². The Hall–Kier alpha value is -0.955. The summed E-state index contributed by atoms with van der Waals surface area (Å²) in [6, 6.07) is 2.74. The lowest BCUT2D eigenvalue weighted by Crippen LogP contribution is -2.08. The van der Waals surface area contributed by atoms with Gasteiger partial charge in [0.05, 0.1) is 8.48 Å². The van der Waals surface area contributed by atoms with Crippen molar-refractivity contribution in [1.82, 2.24) is 0 Å². The summed E-state index contributed by atoms with van der Waals surface area (Å²) in [6.45, 7) is 0. The summed E-state index contributed by atoms with van der Waals surface area (Å²) >= 11 is 5.22. The molecule has 4 heteroatoms. The minimum atomic E-state index is -0.636. The predicted molar refractivity (Wildman–Crippen MR) is 48.6 cm³/mol. The van der Waals surface area contributed by atoms with E-state index in [2.05, 4.69) is 0 Å². The van der Waals surface area contributed by atoms with E-state index < -0.39 is 5.24 Å². The zero-order valence-electron chi connectivity index (χ0n) is 7.43. The number of rotatable bonds is 2. The highest BCUT2D eigenvalue weighted by Crippen LogP contribution is 2.09. The first-order valence-electron chi connectivity index (χ1n) is 3.70. The average molecular weight is 181 g/mol. The van der Waals surface area contributed by atoms with Gasteiger partial charge in [-0.3, -0.25) is 4.79 Å². The summed E-state index contributed by atoms with van der Waals surface area (Å²) in [5.74, 6) is 0.252. The molecule has 0 aromatic heterocycles. The second kappa shape index (κ2) is 3.63. The first kappa shape index (κ1) is 7.68. The molecular weight excluding hydrogens is 174 g/mol. The van der Waals surface area contributed by atoms with Gasteiger partial charge in [0, 0.05) is 5.56 Å². The monoisotopic (exact) mass is 181 g/mol. The molecular formula is C8H6BClO2. The van der Waals surface area contributed by atoms with Gasteiger partial charge in [-0.2, -0.15) is 0 Å². The molecule has 0 amide bonds. The molecule has 0 heterocycles. The van der Waals surface area contributed by atoms with Gasteiger partial charge in [0.1, 0.15) is 13.6 Å². The molecule has 0 saturated carbocycles. The van der Waals surface area contributed by atoms with Crippen LogP contribution in [0, 0.1) is 0 Å². The summed E-state index contributed by atoms with van der Waals surface area (Å²) in [6.07, 6.45) is 0. The molecule has 0 fully saturated rings. The molecule has 2 nitrogen and oxygen atoms in total. The van der Waals surface area contributed by atoms with Gasteiger partial charge in [0.25, 0.3) is 5.24 Å². The minimum absolute atomic E-state index is 0.0477. The van der Waals surface area contributed by atoms with Gasteiger partial charge in [-0.05, 0) is 23.7 Å². The summed E-state index contributed by atoms with van der Waals surface area (Å²) in [4.78, 5) is 10.7. The van der Waals surface area contributed by atoms with Crippen LogP contribution in [0.5, 0.6) is 5.75 Å². The number of carbonyl (C=O) groups excluding carboxylic acids is 1. The Labute approximate surface area is 78.3 Å². The summed E-state index contributed by atoms with van der Waals surface area (Å²) in [7, 11) is 6.92. The molecule has 0 spiro atoms. The van der Waals surface area contributed by atoms with Gasteiger partial charge in [-0.25, -0.2) is 0 Å². The number of methoxy groups -OCH3 is 1. The number of hydrogen-bond donors (Lipinski definition) is 0. The van der Waals surface area contributed by atoms with Crippen molar-refractivity contribution < 1.29 is 10.9 Å². The SMILES string of the molecule is [2H]c1cc(C(=O)Cl)cc([B])c1OC.